The van der Waals surface area contributed by atoms with E-state index in [0.29, 0.717) is 13.2 Å². The molecule has 0 amide bonds. The van der Waals surface area contributed by atoms with E-state index in [-0.39, 0.29) is 0 Å². The molecular weight excluding hydrogens is 252 g/mol. The molecule has 0 aliphatic rings. The van der Waals surface area contributed by atoms with E-state index in [1.165, 1.54) is 51.4 Å². The summed E-state index contributed by atoms with van der Waals surface area (Å²) in [7, 11) is 0. The summed E-state index contributed by atoms with van der Waals surface area (Å²) in [6.45, 7) is 5.40. The highest BCUT2D eigenvalue weighted by Gasteiger charge is 2.02. The number of hydrogen-bond donors (Lipinski definition) is 0. The van der Waals surface area contributed by atoms with Gasteiger partial charge in [0, 0.05) is 0 Å². The Hall–Kier alpha value is -0.730. The summed E-state index contributed by atoms with van der Waals surface area (Å²) in [5.41, 5.74) is 0. The SMILES string of the molecule is CCCCCCCCCCOC(=O)OCCCCCC. The number of carbonyl (C=O) groups is 1. The van der Waals surface area contributed by atoms with E-state index < -0.39 is 6.16 Å². The van der Waals surface area contributed by atoms with Crippen molar-refractivity contribution in [3.63, 3.8) is 0 Å². The van der Waals surface area contributed by atoms with Crippen LogP contribution in [0.3, 0.4) is 0 Å². The zero-order valence-corrected chi connectivity index (χ0v) is 13.6. The fourth-order valence-corrected chi connectivity index (χ4v) is 2.12. The Morgan fingerprint density at radius 1 is 0.600 bits per heavy atom. The second kappa shape index (κ2) is 16.3. The van der Waals surface area contributed by atoms with Gasteiger partial charge in [0.2, 0.25) is 0 Å². The van der Waals surface area contributed by atoms with Crippen LogP contribution in [0, 0.1) is 0 Å². The molecule has 0 fully saturated rings. The fraction of sp³-hybridized carbons (Fsp3) is 0.941. The number of unbranched alkanes of at least 4 members (excludes halogenated alkanes) is 10. The van der Waals surface area contributed by atoms with Gasteiger partial charge in [-0.2, -0.15) is 0 Å². The summed E-state index contributed by atoms with van der Waals surface area (Å²) >= 11 is 0. The largest absolute Gasteiger partial charge is 0.508 e. The van der Waals surface area contributed by atoms with E-state index in [1.807, 2.05) is 0 Å². The smallest absolute Gasteiger partial charge is 0.434 e. The number of rotatable bonds is 14. The molecule has 0 N–H and O–H groups in total. The van der Waals surface area contributed by atoms with Crippen molar-refractivity contribution in [3.8, 4) is 0 Å². The molecule has 0 aliphatic carbocycles. The first-order valence-electron chi connectivity index (χ1n) is 8.60. The van der Waals surface area contributed by atoms with Gasteiger partial charge in [0.15, 0.2) is 0 Å². The topological polar surface area (TPSA) is 35.5 Å². The summed E-state index contributed by atoms with van der Waals surface area (Å²) in [6, 6.07) is 0. The van der Waals surface area contributed by atoms with Crippen LogP contribution in [0.15, 0.2) is 0 Å². The Balaban J connectivity index is 3.11. The van der Waals surface area contributed by atoms with Crippen LogP contribution in [0.2, 0.25) is 0 Å². The molecule has 3 nitrogen and oxygen atoms in total. The van der Waals surface area contributed by atoms with E-state index in [9.17, 15) is 4.79 Å². The monoisotopic (exact) mass is 286 g/mol. The molecule has 0 aromatic heterocycles. The minimum absolute atomic E-state index is 0.496. The first kappa shape index (κ1) is 19.3. The second-order valence-corrected chi connectivity index (χ2v) is 5.48. The standard InChI is InChI=1S/C17H34O3/c1-3-5-7-9-10-11-12-14-16-20-17(18)19-15-13-8-6-4-2/h3-16H2,1-2H3. The van der Waals surface area contributed by atoms with Crippen molar-refractivity contribution in [2.75, 3.05) is 13.2 Å². The lowest BCUT2D eigenvalue weighted by atomic mass is 10.1. The maximum atomic E-state index is 11.2. The van der Waals surface area contributed by atoms with Crippen molar-refractivity contribution in [2.24, 2.45) is 0 Å². The number of carbonyl (C=O) groups excluding carboxylic acids is 1. The van der Waals surface area contributed by atoms with Gasteiger partial charge in [-0.15, -0.1) is 0 Å². The average Bonchev–Trinajstić information content (AvgIpc) is 2.45. The molecule has 20 heavy (non-hydrogen) atoms. The van der Waals surface area contributed by atoms with Gasteiger partial charge < -0.3 is 9.47 Å². The van der Waals surface area contributed by atoms with Crippen LogP contribution in [0.1, 0.15) is 90.9 Å². The summed E-state index contributed by atoms with van der Waals surface area (Å²) in [5, 5.41) is 0. The zero-order chi connectivity index (χ0) is 14.9. The van der Waals surface area contributed by atoms with E-state index in [1.54, 1.807) is 0 Å². The molecular formula is C17H34O3. The lowest BCUT2D eigenvalue weighted by Gasteiger charge is -2.06. The van der Waals surface area contributed by atoms with Crippen molar-refractivity contribution in [1.82, 2.24) is 0 Å². The van der Waals surface area contributed by atoms with Gasteiger partial charge in [-0.25, -0.2) is 4.79 Å². The Morgan fingerprint density at radius 3 is 1.40 bits per heavy atom. The van der Waals surface area contributed by atoms with Crippen LogP contribution < -0.4 is 0 Å². The van der Waals surface area contributed by atoms with E-state index in [0.717, 1.165) is 25.7 Å². The second-order valence-electron chi connectivity index (χ2n) is 5.48. The van der Waals surface area contributed by atoms with Gasteiger partial charge in [-0.3, -0.25) is 0 Å². The predicted molar refractivity (Wildman–Crippen MR) is 84.1 cm³/mol. The quantitative estimate of drug-likeness (QED) is 0.296. The summed E-state index contributed by atoms with van der Waals surface area (Å²) in [5.74, 6) is 0. The third-order valence-electron chi connectivity index (χ3n) is 3.44. The molecule has 0 saturated carbocycles. The van der Waals surface area contributed by atoms with E-state index in [2.05, 4.69) is 13.8 Å². The van der Waals surface area contributed by atoms with E-state index >= 15 is 0 Å². The highest BCUT2D eigenvalue weighted by molar-refractivity contribution is 5.59. The maximum Gasteiger partial charge on any atom is 0.508 e. The maximum absolute atomic E-state index is 11.2. The zero-order valence-electron chi connectivity index (χ0n) is 13.6. The summed E-state index contributed by atoms with van der Waals surface area (Å²) < 4.78 is 10.0. The molecule has 0 unspecified atom stereocenters. The molecule has 0 aromatic carbocycles. The number of hydrogen-bond acceptors (Lipinski definition) is 3. The molecule has 0 rings (SSSR count). The highest BCUT2D eigenvalue weighted by atomic mass is 16.7. The lowest BCUT2D eigenvalue weighted by molar-refractivity contribution is 0.0529. The lowest BCUT2D eigenvalue weighted by Crippen LogP contribution is -2.09. The first-order valence-corrected chi connectivity index (χ1v) is 8.60. The van der Waals surface area contributed by atoms with E-state index in [4.69, 9.17) is 9.47 Å². The number of ether oxygens (including phenoxy) is 2. The summed E-state index contributed by atoms with van der Waals surface area (Å²) in [4.78, 5) is 11.2. The van der Waals surface area contributed by atoms with Crippen molar-refractivity contribution in [2.45, 2.75) is 90.9 Å². The normalized spacial score (nSPS) is 10.5. The minimum Gasteiger partial charge on any atom is -0.434 e. The van der Waals surface area contributed by atoms with Crippen LogP contribution in [0.5, 0.6) is 0 Å². The van der Waals surface area contributed by atoms with Gasteiger partial charge in [0.25, 0.3) is 0 Å². The molecule has 120 valence electrons. The van der Waals surface area contributed by atoms with Gasteiger partial charge in [0.05, 0.1) is 13.2 Å². The molecule has 0 atom stereocenters. The van der Waals surface area contributed by atoms with Crippen LogP contribution in [0.25, 0.3) is 0 Å². The summed E-state index contributed by atoms with van der Waals surface area (Å²) in [6.07, 6.45) is 14.0. The van der Waals surface area contributed by atoms with Gasteiger partial charge in [-0.05, 0) is 12.8 Å². The third kappa shape index (κ3) is 15.3. The van der Waals surface area contributed by atoms with Crippen LogP contribution in [0.4, 0.5) is 4.79 Å². The molecule has 3 heteroatoms. The Bertz CT molecular complexity index is 204. The molecule has 0 saturated heterocycles. The van der Waals surface area contributed by atoms with Gasteiger partial charge >= 0.3 is 6.16 Å². The first-order chi connectivity index (χ1) is 9.81. The van der Waals surface area contributed by atoms with Crippen molar-refractivity contribution in [3.05, 3.63) is 0 Å². The van der Waals surface area contributed by atoms with Crippen molar-refractivity contribution < 1.29 is 14.3 Å². The highest BCUT2D eigenvalue weighted by Crippen LogP contribution is 2.08. The molecule has 0 bridgehead atoms. The van der Waals surface area contributed by atoms with Gasteiger partial charge in [0.1, 0.15) is 0 Å². The molecule has 0 spiro atoms. The minimum atomic E-state index is -0.496. The molecule has 0 aromatic rings. The Morgan fingerprint density at radius 2 is 0.950 bits per heavy atom. The van der Waals surface area contributed by atoms with Crippen molar-refractivity contribution in [1.29, 1.82) is 0 Å². The molecule has 0 radical (unpaired) electrons. The predicted octanol–water partition coefficient (Wildman–Crippen LogP) is 5.86. The Kier molecular flexibility index (Phi) is 15.7. The van der Waals surface area contributed by atoms with Crippen LogP contribution in [-0.2, 0) is 9.47 Å². The fourth-order valence-electron chi connectivity index (χ4n) is 2.12. The van der Waals surface area contributed by atoms with Gasteiger partial charge in [-0.1, -0.05) is 78.1 Å². The van der Waals surface area contributed by atoms with Crippen molar-refractivity contribution >= 4 is 6.16 Å². The molecule has 0 aliphatic heterocycles. The Labute approximate surface area is 125 Å². The van der Waals surface area contributed by atoms with Crippen LogP contribution >= 0.6 is 0 Å². The third-order valence-corrected chi connectivity index (χ3v) is 3.44. The average molecular weight is 286 g/mol. The molecule has 0 heterocycles. The van der Waals surface area contributed by atoms with Crippen LogP contribution in [-0.4, -0.2) is 19.4 Å².